The molecule has 3 atom stereocenters. The van der Waals surface area contributed by atoms with Gasteiger partial charge in [0, 0.05) is 25.2 Å². The van der Waals surface area contributed by atoms with Crippen LogP contribution in [0.15, 0.2) is 0 Å². The Kier molecular flexibility index (Phi) is 3.11. The molecule has 18 heavy (non-hydrogen) atoms. The van der Waals surface area contributed by atoms with Crippen molar-refractivity contribution in [2.45, 2.75) is 50.7 Å². The number of hydrogen-bond donors (Lipinski definition) is 1. The van der Waals surface area contributed by atoms with Gasteiger partial charge < -0.3 is 5.32 Å². The number of likely N-dealkylation sites (tertiary alicyclic amines) is 1. The summed E-state index contributed by atoms with van der Waals surface area (Å²) in [6, 6.07) is 0.706. The summed E-state index contributed by atoms with van der Waals surface area (Å²) in [6.45, 7) is 4.68. The van der Waals surface area contributed by atoms with Gasteiger partial charge >= 0.3 is 0 Å². The van der Waals surface area contributed by atoms with Crippen molar-refractivity contribution in [3.63, 3.8) is 0 Å². The normalized spacial score (nSPS) is 36.7. The molecule has 3 unspecified atom stereocenters. The predicted octanol–water partition coefficient (Wildman–Crippen LogP) is -0.0399. The van der Waals surface area contributed by atoms with E-state index in [2.05, 4.69) is 10.2 Å². The molecule has 5 heteroatoms. The van der Waals surface area contributed by atoms with E-state index < -0.39 is 0 Å². The van der Waals surface area contributed by atoms with Gasteiger partial charge in [0.2, 0.25) is 11.8 Å². The summed E-state index contributed by atoms with van der Waals surface area (Å²) in [6.07, 6.45) is 3.94. The molecule has 100 valence electrons. The maximum absolute atomic E-state index is 12.1. The molecule has 0 saturated carbocycles. The zero-order valence-electron chi connectivity index (χ0n) is 10.9. The number of nitrogens with zero attached hydrogens (tertiary/aromatic N) is 2. The van der Waals surface area contributed by atoms with E-state index in [1.807, 2.05) is 6.92 Å². The second-order valence-electron chi connectivity index (χ2n) is 5.54. The fourth-order valence-corrected chi connectivity index (χ4v) is 3.68. The highest BCUT2D eigenvalue weighted by Crippen LogP contribution is 2.29. The molecule has 0 aromatic carbocycles. The van der Waals surface area contributed by atoms with Crippen molar-refractivity contribution in [1.29, 1.82) is 0 Å². The van der Waals surface area contributed by atoms with Crippen LogP contribution in [0.4, 0.5) is 0 Å². The first-order chi connectivity index (χ1) is 8.70. The maximum Gasteiger partial charge on any atom is 0.246 e. The largest absolute Gasteiger partial charge is 0.301 e. The number of carbonyl (C=O) groups is 2. The third-order valence-electron chi connectivity index (χ3n) is 4.58. The second-order valence-corrected chi connectivity index (χ2v) is 5.54. The molecule has 1 N–H and O–H groups in total. The summed E-state index contributed by atoms with van der Waals surface area (Å²) in [5.41, 5.74) is 0. The first-order valence-electron chi connectivity index (χ1n) is 7.05. The average Bonchev–Trinajstić information content (AvgIpc) is 2.98. The Morgan fingerprint density at radius 2 is 2.11 bits per heavy atom. The van der Waals surface area contributed by atoms with Crippen LogP contribution in [-0.4, -0.2) is 59.4 Å². The maximum atomic E-state index is 12.1. The van der Waals surface area contributed by atoms with Gasteiger partial charge in [-0.2, -0.15) is 0 Å². The van der Waals surface area contributed by atoms with E-state index >= 15 is 0 Å². The molecule has 3 saturated heterocycles. The summed E-state index contributed by atoms with van der Waals surface area (Å²) in [4.78, 5) is 27.6. The first-order valence-corrected chi connectivity index (χ1v) is 7.05. The number of imide groups is 1. The third-order valence-corrected chi connectivity index (χ3v) is 4.58. The summed E-state index contributed by atoms with van der Waals surface area (Å²) in [5.74, 6) is -0.0554. The topological polar surface area (TPSA) is 52.7 Å². The minimum absolute atomic E-state index is 0.0266. The lowest BCUT2D eigenvalue weighted by atomic mass is 10.0. The van der Waals surface area contributed by atoms with Crippen LogP contribution in [-0.2, 0) is 9.59 Å². The summed E-state index contributed by atoms with van der Waals surface area (Å²) < 4.78 is 0. The summed E-state index contributed by atoms with van der Waals surface area (Å²) in [5, 5.41) is 3.44. The number of hydrogen-bond acceptors (Lipinski definition) is 4. The first kappa shape index (κ1) is 12.1. The second kappa shape index (κ2) is 4.63. The summed E-state index contributed by atoms with van der Waals surface area (Å²) in [7, 11) is 0. The number of rotatable bonds is 3. The predicted molar refractivity (Wildman–Crippen MR) is 66.9 cm³/mol. The Hall–Kier alpha value is -0.940. The van der Waals surface area contributed by atoms with Gasteiger partial charge in [-0.05, 0) is 32.7 Å². The lowest BCUT2D eigenvalue weighted by Crippen LogP contribution is -2.47. The molecule has 0 aliphatic carbocycles. The van der Waals surface area contributed by atoms with Crippen molar-refractivity contribution in [1.82, 2.24) is 15.1 Å². The number of amides is 2. The lowest BCUT2D eigenvalue weighted by molar-refractivity contribution is -0.138. The van der Waals surface area contributed by atoms with Crippen molar-refractivity contribution in [3.05, 3.63) is 0 Å². The molecule has 3 aliphatic rings. The van der Waals surface area contributed by atoms with E-state index in [1.165, 1.54) is 24.3 Å². The van der Waals surface area contributed by atoms with Crippen LogP contribution >= 0.6 is 0 Å². The molecule has 5 nitrogen and oxygen atoms in total. The molecule has 0 spiro atoms. The lowest BCUT2D eigenvalue weighted by Gasteiger charge is -2.23. The Balaban J connectivity index is 1.64. The molecule has 2 amide bonds. The van der Waals surface area contributed by atoms with E-state index in [9.17, 15) is 9.59 Å². The van der Waals surface area contributed by atoms with Crippen LogP contribution in [0.3, 0.4) is 0 Å². The van der Waals surface area contributed by atoms with Crippen LogP contribution in [0.1, 0.15) is 32.6 Å². The van der Waals surface area contributed by atoms with E-state index in [-0.39, 0.29) is 17.9 Å². The Morgan fingerprint density at radius 1 is 1.28 bits per heavy atom. The molecule has 3 rings (SSSR count). The Morgan fingerprint density at radius 3 is 2.83 bits per heavy atom. The molecule has 0 aromatic rings. The number of fused-ring (bicyclic) bond motifs is 1. The SMILES string of the molecule is CCN1C(=O)CC(NC2CCN3CCCC23)C1=O. The monoisotopic (exact) mass is 251 g/mol. The zero-order valence-corrected chi connectivity index (χ0v) is 10.9. The minimum Gasteiger partial charge on any atom is -0.301 e. The van der Waals surface area contributed by atoms with Crippen LogP contribution in [0.5, 0.6) is 0 Å². The van der Waals surface area contributed by atoms with Gasteiger partial charge in [-0.25, -0.2) is 0 Å². The molecular formula is C13H21N3O2. The number of likely N-dealkylation sites (N-methyl/N-ethyl adjacent to an activating group) is 1. The van der Waals surface area contributed by atoms with E-state index in [0.717, 1.165) is 13.0 Å². The van der Waals surface area contributed by atoms with Crippen LogP contribution in [0.2, 0.25) is 0 Å². The number of carbonyl (C=O) groups excluding carboxylic acids is 2. The van der Waals surface area contributed by atoms with Crippen molar-refractivity contribution in [2.24, 2.45) is 0 Å². The fourth-order valence-electron chi connectivity index (χ4n) is 3.68. The van der Waals surface area contributed by atoms with E-state index in [4.69, 9.17) is 0 Å². The van der Waals surface area contributed by atoms with Gasteiger partial charge in [0.1, 0.15) is 0 Å². The highest BCUT2D eigenvalue weighted by atomic mass is 16.2. The quantitative estimate of drug-likeness (QED) is 0.715. The third kappa shape index (κ3) is 1.86. The van der Waals surface area contributed by atoms with Crippen LogP contribution < -0.4 is 5.32 Å². The standard InChI is InChI=1S/C13H21N3O2/c1-2-16-12(17)8-10(13(16)18)14-9-5-7-15-6-3-4-11(9)15/h9-11,14H,2-8H2,1H3. The van der Waals surface area contributed by atoms with E-state index in [0.29, 0.717) is 25.0 Å². The molecule has 0 aromatic heterocycles. The molecule has 3 heterocycles. The molecule has 0 radical (unpaired) electrons. The average molecular weight is 251 g/mol. The van der Waals surface area contributed by atoms with Crippen LogP contribution in [0, 0.1) is 0 Å². The van der Waals surface area contributed by atoms with Crippen molar-refractivity contribution >= 4 is 11.8 Å². The van der Waals surface area contributed by atoms with E-state index in [1.54, 1.807) is 0 Å². The fraction of sp³-hybridized carbons (Fsp3) is 0.846. The van der Waals surface area contributed by atoms with Crippen LogP contribution in [0.25, 0.3) is 0 Å². The molecule has 0 bridgehead atoms. The van der Waals surface area contributed by atoms with Crippen molar-refractivity contribution in [3.8, 4) is 0 Å². The van der Waals surface area contributed by atoms with Gasteiger partial charge in [-0.3, -0.25) is 19.4 Å². The van der Waals surface area contributed by atoms with Gasteiger partial charge in [-0.1, -0.05) is 0 Å². The molecule has 3 fully saturated rings. The van der Waals surface area contributed by atoms with Gasteiger partial charge in [-0.15, -0.1) is 0 Å². The highest BCUT2D eigenvalue weighted by molar-refractivity contribution is 6.05. The zero-order chi connectivity index (χ0) is 12.7. The highest BCUT2D eigenvalue weighted by Gasteiger charge is 2.43. The van der Waals surface area contributed by atoms with Crippen molar-refractivity contribution in [2.75, 3.05) is 19.6 Å². The Bertz CT molecular complexity index is 371. The summed E-state index contributed by atoms with van der Waals surface area (Å²) >= 11 is 0. The molecule has 3 aliphatic heterocycles. The smallest absolute Gasteiger partial charge is 0.246 e. The van der Waals surface area contributed by atoms with Gasteiger partial charge in [0.15, 0.2) is 0 Å². The van der Waals surface area contributed by atoms with Crippen molar-refractivity contribution < 1.29 is 9.59 Å². The number of nitrogens with one attached hydrogen (secondary N) is 1. The molecular weight excluding hydrogens is 230 g/mol. The minimum atomic E-state index is -0.275. The van der Waals surface area contributed by atoms with Gasteiger partial charge in [0.25, 0.3) is 0 Å². The van der Waals surface area contributed by atoms with Gasteiger partial charge in [0.05, 0.1) is 12.5 Å². The Labute approximate surface area is 107 Å².